The standard InChI is InChI=1S/C15H16FNO2/c1-10(17)14-9-11(16)3-8-15(14)19-13-6-4-12(18-2)5-7-13/h3-10H,17H2,1-2H3/t10-/m0/s1. The summed E-state index contributed by atoms with van der Waals surface area (Å²) in [7, 11) is 1.60. The third-order valence-electron chi connectivity index (χ3n) is 2.75. The van der Waals surface area contributed by atoms with Gasteiger partial charge in [0.15, 0.2) is 0 Å². The Hall–Kier alpha value is -2.07. The van der Waals surface area contributed by atoms with Crippen LogP contribution in [0.4, 0.5) is 4.39 Å². The third-order valence-corrected chi connectivity index (χ3v) is 2.75. The highest BCUT2D eigenvalue weighted by atomic mass is 19.1. The van der Waals surface area contributed by atoms with Crippen molar-refractivity contribution in [2.75, 3.05) is 7.11 Å². The van der Waals surface area contributed by atoms with Gasteiger partial charge in [-0.05, 0) is 49.4 Å². The van der Waals surface area contributed by atoms with Gasteiger partial charge in [0.25, 0.3) is 0 Å². The number of benzene rings is 2. The topological polar surface area (TPSA) is 44.5 Å². The average molecular weight is 261 g/mol. The smallest absolute Gasteiger partial charge is 0.132 e. The van der Waals surface area contributed by atoms with Gasteiger partial charge in [0.05, 0.1) is 7.11 Å². The van der Waals surface area contributed by atoms with Crippen molar-refractivity contribution in [2.24, 2.45) is 5.73 Å². The van der Waals surface area contributed by atoms with Crippen molar-refractivity contribution >= 4 is 0 Å². The van der Waals surface area contributed by atoms with Gasteiger partial charge in [0.2, 0.25) is 0 Å². The molecule has 4 heteroatoms. The normalized spacial score (nSPS) is 12.0. The van der Waals surface area contributed by atoms with Gasteiger partial charge < -0.3 is 15.2 Å². The Morgan fingerprint density at radius 3 is 2.26 bits per heavy atom. The number of hydrogen-bond donors (Lipinski definition) is 1. The zero-order valence-corrected chi connectivity index (χ0v) is 10.9. The Labute approximate surface area is 111 Å². The van der Waals surface area contributed by atoms with Crippen LogP contribution in [-0.2, 0) is 0 Å². The van der Waals surface area contributed by atoms with Gasteiger partial charge >= 0.3 is 0 Å². The summed E-state index contributed by atoms with van der Waals surface area (Å²) in [6, 6.07) is 11.2. The highest BCUT2D eigenvalue weighted by molar-refractivity contribution is 5.41. The van der Waals surface area contributed by atoms with Crippen molar-refractivity contribution in [3.8, 4) is 17.2 Å². The van der Waals surface area contributed by atoms with Crippen molar-refractivity contribution in [3.63, 3.8) is 0 Å². The van der Waals surface area contributed by atoms with Crippen LogP contribution in [0.2, 0.25) is 0 Å². The molecular formula is C15H16FNO2. The van der Waals surface area contributed by atoms with Crippen LogP contribution in [0.25, 0.3) is 0 Å². The van der Waals surface area contributed by atoms with Crippen molar-refractivity contribution in [3.05, 3.63) is 53.8 Å². The van der Waals surface area contributed by atoms with Crippen LogP contribution in [0, 0.1) is 5.82 Å². The summed E-state index contributed by atoms with van der Waals surface area (Å²) in [5, 5.41) is 0. The maximum atomic E-state index is 13.2. The molecule has 0 fully saturated rings. The molecule has 100 valence electrons. The summed E-state index contributed by atoms with van der Waals surface area (Å²) < 4.78 is 24.0. The van der Waals surface area contributed by atoms with E-state index in [1.807, 2.05) is 0 Å². The maximum Gasteiger partial charge on any atom is 0.132 e. The Morgan fingerprint density at radius 2 is 1.68 bits per heavy atom. The Morgan fingerprint density at radius 1 is 1.05 bits per heavy atom. The van der Waals surface area contributed by atoms with E-state index in [1.54, 1.807) is 44.4 Å². The second kappa shape index (κ2) is 5.71. The van der Waals surface area contributed by atoms with Crippen LogP contribution in [0.15, 0.2) is 42.5 Å². The number of rotatable bonds is 4. The van der Waals surface area contributed by atoms with Crippen LogP contribution in [0.1, 0.15) is 18.5 Å². The Bertz CT molecular complexity index is 553. The highest BCUT2D eigenvalue weighted by Crippen LogP contribution is 2.30. The van der Waals surface area contributed by atoms with E-state index in [-0.39, 0.29) is 11.9 Å². The molecule has 0 unspecified atom stereocenters. The minimum Gasteiger partial charge on any atom is -0.497 e. The molecule has 0 spiro atoms. The van der Waals surface area contributed by atoms with Crippen molar-refractivity contribution in [1.29, 1.82) is 0 Å². The average Bonchev–Trinajstić information content (AvgIpc) is 2.41. The number of halogens is 1. The van der Waals surface area contributed by atoms with E-state index in [9.17, 15) is 4.39 Å². The van der Waals surface area contributed by atoms with Crippen molar-refractivity contribution < 1.29 is 13.9 Å². The summed E-state index contributed by atoms with van der Waals surface area (Å²) in [5.41, 5.74) is 6.45. The quantitative estimate of drug-likeness (QED) is 0.913. The van der Waals surface area contributed by atoms with E-state index in [1.165, 1.54) is 12.1 Å². The molecule has 1 atom stereocenters. The summed E-state index contributed by atoms with van der Waals surface area (Å²) in [4.78, 5) is 0. The van der Waals surface area contributed by atoms with Crippen molar-refractivity contribution in [1.82, 2.24) is 0 Å². The molecule has 0 bridgehead atoms. The first-order chi connectivity index (χ1) is 9.10. The largest absolute Gasteiger partial charge is 0.497 e. The highest BCUT2D eigenvalue weighted by Gasteiger charge is 2.10. The summed E-state index contributed by atoms with van der Waals surface area (Å²) >= 11 is 0. The fourth-order valence-electron chi connectivity index (χ4n) is 1.74. The second-order valence-corrected chi connectivity index (χ2v) is 4.25. The first kappa shape index (κ1) is 13.4. The van der Waals surface area contributed by atoms with E-state index in [4.69, 9.17) is 15.2 Å². The van der Waals surface area contributed by atoms with Gasteiger partial charge in [0.1, 0.15) is 23.1 Å². The number of nitrogens with two attached hydrogens (primary N) is 1. The third kappa shape index (κ3) is 3.23. The first-order valence-electron chi connectivity index (χ1n) is 5.97. The van der Waals surface area contributed by atoms with Crippen LogP contribution >= 0.6 is 0 Å². The molecule has 2 N–H and O–H groups in total. The van der Waals surface area contributed by atoms with Gasteiger partial charge in [-0.1, -0.05) is 0 Å². The molecule has 2 rings (SSSR count). The van der Waals surface area contributed by atoms with Gasteiger partial charge in [0, 0.05) is 11.6 Å². The second-order valence-electron chi connectivity index (χ2n) is 4.25. The first-order valence-corrected chi connectivity index (χ1v) is 5.97. The number of methoxy groups -OCH3 is 1. The van der Waals surface area contributed by atoms with Crippen LogP contribution in [0.5, 0.6) is 17.2 Å². The fourth-order valence-corrected chi connectivity index (χ4v) is 1.74. The lowest BCUT2D eigenvalue weighted by Crippen LogP contribution is -2.07. The molecule has 0 saturated heterocycles. The fraction of sp³-hybridized carbons (Fsp3) is 0.200. The molecular weight excluding hydrogens is 245 g/mol. The molecule has 19 heavy (non-hydrogen) atoms. The Balaban J connectivity index is 2.26. The molecule has 2 aromatic rings. The summed E-state index contributed by atoms with van der Waals surface area (Å²) in [6.07, 6.45) is 0. The van der Waals surface area contributed by atoms with E-state index in [2.05, 4.69) is 0 Å². The Kier molecular flexibility index (Phi) is 4.02. The van der Waals surface area contributed by atoms with Gasteiger partial charge in [-0.3, -0.25) is 0 Å². The maximum absolute atomic E-state index is 13.2. The lowest BCUT2D eigenvalue weighted by molar-refractivity contribution is 0.412. The van der Waals surface area contributed by atoms with E-state index >= 15 is 0 Å². The zero-order valence-electron chi connectivity index (χ0n) is 10.9. The molecule has 0 aliphatic rings. The van der Waals surface area contributed by atoms with E-state index in [0.29, 0.717) is 17.1 Å². The van der Waals surface area contributed by atoms with E-state index < -0.39 is 0 Å². The predicted octanol–water partition coefficient (Wildman–Crippen LogP) is 3.65. The predicted molar refractivity (Wildman–Crippen MR) is 72.1 cm³/mol. The number of ether oxygens (including phenoxy) is 2. The van der Waals surface area contributed by atoms with Crippen LogP contribution in [-0.4, -0.2) is 7.11 Å². The van der Waals surface area contributed by atoms with Crippen LogP contribution < -0.4 is 15.2 Å². The van der Waals surface area contributed by atoms with Crippen LogP contribution in [0.3, 0.4) is 0 Å². The minimum absolute atomic E-state index is 0.302. The van der Waals surface area contributed by atoms with Crippen molar-refractivity contribution in [2.45, 2.75) is 13.0 Å². The molecule has 2 aromatic carbocycles. The molecule has 0 aliphatic carbocycles. The van der Waals surface area contributed by atoms with Gasteiger partial charge in [-0.2, -0.15) is 0 Å². The molecule has 0 saturated carbocycles. The molecule has 0 radical (unpaired) electrons. The van der Waals surface area contributed by atoms with Gasteiger partial charge in [-0.15, -0.1) is 0 Å². The van der Waals surface area contributed by atoms with Gasteiger partial charge in [-0.25, -0.2) is 4.39 Å². The molecule has 0 heterocycles. The SMILES string of the molecule is COc1ccc(Oc2ccc(F)cc2[C@H](C)N)cc1. The minimum atomic E-state index is -0.325. The molecule has 0 aromatic heterocycles. The monoisotopic (exact) mass is 261 g/mol. The van der Waals surface area contributed by atoms with E-state index in [0.717, 1.165) is 5.75 Å². The zero-order chi connectivity index (χ0) is 13.8. The molecule has 0 aliphatic heterocycles. The molecule has 0 amide bonds. The molecule has 3 nitrogen and oxygen atoms in total. The lowest BCUT2D eigenvalue weighted by atomic mass is 10.1. The summed E-state index contributed by atoms with van der Waals surface area (Å²) in [5.74, 6) is 1.63. The summed E-state index contributed by atoms with van der Waals surface area (Å²) in [6.45, 7) is 1.79. The lowest BCUT2D eigenvalue weighted by Gasteiger charge is -2.14. The number of hydrogen-bond acceptors (Lipinski definition) is 3.